The Kier molecular flexibility index (Phi) is 9.19. The predicted molar refractivity (Wildman–Crippen MR) is 131 cm³/mol. The van der Waals surface area contributed by atoms with E-state index < -0.39 is 0 Å². The molecular formula is C30H48. The molecule has 3 aliphatic carbocycles. The summed E-state index contributed by atoms with van der Waals surface area (Å²) in [4.78, 5) is 0. The lowest BCUT2D eigenvalue weighted by Crippen LogP contribution is -2.19. The van der Waals surface area contributed by atoms with E-state index in [2.05, 4.69) is 30.3 Å². The SMILES string of the molecule is c1ccc(CCC2CCC(CCC3CCC(CCC4CCCCC4)CC3)CC2)cc1. The molecule has 0 amide bonds. The summed E-state index contributed by atoms with van der Waals surface area (Å²) in [6.45, 7) is 0. The van der Waals surface area contributed by atoms with Crippen molar-refractivity contribution < 1.29 is 0 Å². The van der Waals surface area contributed by atoms with Gasteiger partial charge in [0.25, 0.3) is 0 Å². The number of rotatable bonds is 9. The third kappa shape index (κ3) is 7.42. The van der Waals surface area contributed by atoms with Crippen molar-refractivity contribution in [2.45, 2.75) is 122 Å². The van der Waals surface area contributed by atoms with Crippen LogP contribution in [0.2, 0.25) is 0 Å². The Hall–Kier alpha value is -0.780. The first-order chi connectivity index (χ1) is 14.8. The second-order valence-corrected chi connectivity index (χ2v) is 11.5. The first-order valence-corrected chi connectivity index (χ1v) is 13.9. The van der Waals surface area contributed by atoms with Gasteiger partial charge in [0, 0.05) is 0 Å². The molecule has 4 rings (SSSR count). The van der Waals surface area contributed by atoms with Crippen molar-refractivity contribution in [3.8, 4) is 0 Å². The highest BCUT2D eigenvalue weighted by Crippen LogP contribution is 2.39. The highest BCUT2D eigenvalue weighted by molar-refractivity contribution is 5.14. The summed E-state index contributed by atoms with van der Waals surface area (Å²) in [6, 6.07) is 11.1. The largest absolute Gasteiger partial charge is 0.0622 e. The first kappa shape index (κ1) is 22.4. The molecule has 1 aromatic rings. The minimum absolute atomic E-state index is 1.00. The second-order valence-electron chi connectivity index (χ2n) is 11.5. The third-order valence-corrected chi connectivity index (χ3v) is 9.31. The number of benzene rings is 1. The Labute approximate surface area is 187 Å². The van der Waals surface area contributed by atoms with Gasteiger partial charge in [-0.2, -0.15) is 0 Å². The zero-order chi connectivity index (χ0) is 20.4. The Morgan fingerprint density at radius 2 is 0.833 bits per heavy atom. The number of hydrogen-bond donors (Lipinski definition) is 0. The van der Waals surface area contributed by atoms with Crippen molar-refractivity contribution in [1.29, 1.82) is 0 Å². The number of aryl methyl sites for hydroxylation is 1. The molecule has 0 radical (unpaired) electrons. The lowest BCUT2D eigenvalue weighted by atomic mass is 9.73. The van der Waals surface area contributed by atoms with Gasteiger partial charge >= 0.3 is 0 Å². The molecule has 3 aliphatic rings. The molecular weight excluding hydrogens is 360 g/mol. The monoisotopic (exact) mass is 408 g/mol. The minimum Gasteiger partial charge on any atom is -0.0622 e. The molecule has 3 saturated carbocycles. The zero-order valence-electron chi connectivity index (χ0n) is 19.7. The normalized spacial score (nSPS) is 30.9. The number of hydrogen-bond acceptors (Lipinski definition) is 0. The summed E-state index contributed by atoms with van der Waals surface area (Å²) in [5, 5.41) is 0. The molecule has 0 aromatic heterocycles. The van der Waals surface area contributed by atoms with Gasteiger partial charge in [-0.3, -0.25) is 0 Å². The molecule has 0 aliphatic heterocycles. The van der Waals surface area contributed by atoms with Crippen LogP contribution in [0.1, 0.15) is 121 Å². The van der Waals surface area contributed by atoms with Crippen LogP contribution in [0.3, 0.4) is 0 Å². The van der Waals surface area contributed by atoms with Gasteiger partial charge in [-0.15, -0.1) is 0 Å². The Balaban J connectivity index is 1.04. The Bertz CT molecular complexity index is 553. The maximum Gasteiger partial charge on any atom is -0.0276 e. The third-order valence-electron chi connectivity index (χ3n) is 9.31. The summed E-state index contributed by atoms with van der Waals surface area (Å²) in [5.41, 5.74) is 1.54. The summed E-state index contributed by atoms with van der Waals surface area (Å²) in [6.07, 6.45) is 28.9. The van der Waals surface area contributed by atoms with Gasteiger partial charge in [0.05, 0.1) is 0 Å². The van der Waals surface area contributed by atoms with Crippen molar-refractivity contribution in [2.24, 2.45) is 29.6 Å². The van der Waals surface area contributed by atoms with Crippen molar-refractivity contribution in [3.63, 3.8) is 0 Å². The molecule has 0 unspecified atom stereocenters. The maximum absolute atomic E-state index is 2.30. The standard InChI is InChI=1S/C30H48/c1-3-7-25(8-4-1)11-13-27-15-19-29(20-16-27)23-24-30-21-17-28(18-22-30)14-12-26-9-5-2-6-10-26/h1,3-4,7-8,26-30H,2,5-6,9-24H2. The van der Waals surface area contributed by atoms with Crippen LogP contribution in [0, 0.1) is 29.6 Å². The van der Waals surface area contributed by atoms with Gasteiger partial charge in [-0.25, -0.2) is 0 Å². The van der Waals surface area contributed by atoms with E-state index in [1.165, 1.54) is 63.4 Å². The fraction of sp³-hybridized carbons (Fsp3) is 0.800. The summed E-state index contributed by atoms with van der Waals surface area (Å²) in [5.74, 6) is 5.32. The van der Waals surface area contributed by atoms with E-state index in [1.807, 2.05) is 0 Å². The molecule has 168 valence electrons. The molecule has 3 fully saturated rings. The van der Waals surface area contributed by atoms with E-state index >= 15 is 0 Å². The lowest BCUT2D eigenvalue weighted by molar-refractivity contribution is 0.202. The average Bonchev–Trinajstić information content (AvgIpc) is 2.83. The highest BCUT2D eigenvalue weighted by atomic mass is 14.3. The summed E-state index contributed by atoms with van der Waals surface area (Å²) >= 11 is 0. The maximum atomic E-state index is 2.30. The van der Waals surface area contributed by atoms with E-state index in [0.29, 0.717) is 0 Å². The quantitative estimate of drug-likeness (QED) is 0.381. The van der Waals surface area contributed by atoms with Crippen LogP contribution in [0.4, 0.5) is 0 Å². The van der Waals surface area contributed by atoms with E-state index in [-0.39, 0.29) is 0 Å². The molecule has 0 saturated heterocycles. The molecule has 0 nitrogen and oxygen atoms in total. The van der Waals surface area contributed by atoms with E-state index in [4.69, 9.17) is 0 Å². The van der Waals surface area contributed by atoms with Gasteiger partial charge in [-0.1, -0.05) is 139 Å². The van der Waals surface area contributed by atoms with Crippen LogP contribution in [0.5, 0.6) is 0 Å². The molecule has 0 atom stereocenters. The van der Waals surface area contributed by atoms with Crippen LogP contribution in [0.15, 0.2) is 30.3 Å². The van der Waals surface area contributed by atoms with Crippen molar-refractivity contribution in [2.75, 3.05) is 0 Å². The van der Waals surface area contributed by atoms with Crippen LogP contribution in [0.25, 0.3) is 0 Å². The Morgan fingerprint density at radius 3 is 1.30 bits per heavy atom. The van der Waals surface area contributed by atoms with E-state index in [9.17, 15) is 0 Å². The summed E-state index contributed by atoms with van der Waals surface area (Å²) < 4.78 is 0. The fourth-order valence-electron chi connectivity index (χ4n) is 7.05. The molecule has 0 bridgehead atoms. The summed E-state index contributed by atoms with van der Waals surface area (Å²) in [7, 11) is 0. The molecule has 0 spiro atoms. The molecule has 0 heteroatoms. The smallest absolute Gasteiger partial charge is 0.0276 e. The van der Waals surface area contributed by atoms with E-state index in [1.54, 1.807) is 64.2 Å². The van der Waals surface area contributed by atoms with Crippen LogP contribution in [-0.4, -0.2) is 0 Å². The molecule has 0 N–H and O–H groups in total. The average molecular weight is 409 g/mol. The van der Waals surface area contributed by atoms with Gasteiger partial charge in [0.15, 0.2) is 0 Å². The minimum atomic E-state index is 1.00. The van der Waals surface area contributed by atoms with Gasteiger partial charge in [0.1, 0.15) is 0 Å². The first-order valence-electron chi connectivity index (χ1n) is 13.9. The second kappa shape index (κ2) is 12.3. The van der Waals surface area contributed by atoms with Gasteiger partial charge in [0.2, 0.25) is 0 Å². The lowest BCUT2D eigenvalue weighted by Gasteiger charge is -2.32. The van der Waals surface area contributed by atoms with Crippen LogP contribution in [-0.2, 0) is 6.42 Å². The van der Waals surface area contributed by atoms with Gasteiger partial charge in [-0.05, 0) is 48.0 Å². The molecule has 30 heavy (non-hydrogen) atoms. The fourth-order valence-corrected chi connectivity index (χ4v) is 7.05. The molecule has 0 heterocycles. The topological polar surface area (TPSA) is 0 Å². The van der Waals surface area contributed by atoms with Crippen molar-refractivity contribution >= 4 is 0 Å². The van der Waals surface area contributed by atoms with Crippen LogP contribution >= 0.6 is 0 Å². The van der Waals surface area contributed by atoms with Crippen molar-refractivity contribution in [1.82, 2.24) is 0 Å². The van der Waals surface area contributed by atoms with E-state index in [0.717, 1.165) is 29.6 Å². The highest BCUT2D eigenvalue weighted by Gasteiger charge is 2.25. The van der Waals surface area contributed by atoms with Crippen molar-refractivity contribution in [3.05, 3.63) is 35.9 Å². The van der Waals surface area contributed by atoms with Gasteiger partial charge < -0.3 is 0 Å². The zero-order valence-corrected chi connectivity index (χ0v) is 19.7. The molecule has 1 aromatic carbocycles. The predicted octanol–water partition coefficient (Wildman–Crippen LogP) is 9.37. The van der Waals surface area contributed by atoms with Crippen LogP contribution < -0.4 is 0 Å². The Morgan fingerprint density at radius 1 is 0.433 bits per heavy atom.